The van der Waals surface area contributed by atoms with Crippen LogP contribution in [-0.2, 0) is 4.79 Å². The molecule has 1 unspecified atom stereocenters. The zero-order valence-electron chi connectivity index (χ0n) is 17.6. The van der Waals surface area contributed by atoms with E-state index in [1.54, 1.807) is 0 Å². The highest BCUT2D eigenvalue weighted by Crippen LogP contribution is 2.22. The highest BCUT2D eigenvalue weighted by Gasteiger charge is 2.16. The van der Waals surface area contributed by atoms with Crippen LogP contribution >= 0.6 is 0 Å². The summed E-state index contributed by atoms with van der Waals surface area (Å²) >= 11 is 0. The summed E-state index contributed by atoms with van der Waals surface area (Å²) in [6.45, 7) is 0.520. The molecule has 0 heterocycles. The zero-order valence-corrected chi connectivity index (χ0v) is 17.6. The fourth-order valence-corrected chi connectivity index (χ4v) is 3.26. The van der Waals surface area contributed by atoms with Crippen molar-refractivity contribution in [2.75, 3.05) is 46.2 Å². The summed E-state index contributed by atoms with van der Waals surface area (Å²) in [5, 5.41) is 5.24. The van der Waals surface area contributed by atoms with Gasteiger partial charge in [-0.15, -0.1) is 0 Å². The summed E-state index contributed by atoms with van der Waals surface area (Å²) < 4.78 is 5.69. The maximum Gasteiger partial charge on any atom is 0.258 e. The minimum absolute atomic E-state index is 0.00193. The monoisotopic (exact) mass is 391 g/mol. The first-order valence-electron chi connectivity index (χ1n) is 9.76. The lowest BCUT2D eigenvalue weighted by Crippen LogP contribution is -2.36. The van der Waals surface area contributed by atoms with E-state index in [0.717, 1.165) is 22.0 Å². The van der Waals surface area contributed by atoms with Gasteiger partial charge in [-0.25, -0.2) is 0 Å². The lowest BCUT2D eigenvalue weighted by atomic mass is 10.1. The van der Waals surface area contributed by atoms with Crippen molar-refractivity contribution in [3.63, 3.8) is 0 Å². The fraction of sp³-hybridized carbons (Fsp3) is 0.292. The van der Waals surface area contributed by atoms with Gasteiger partial charge < -0.3 is 19.9 Å². The van der Waals surface area contributed by atoms with E-state index in [4.69, 9.17) is 4.74 Å². The van der Waals surface area contributed by atoms with Crippen molar-refractivity contribution in [1.82, 2.24) is 10.2 Å². The summed E-state index contributed by atoms with van der Waals surface area (Å²) in [5.41, 5.74) is 2.32. The third-order valence-electron chi connectivity index (χ3n) is 5.00. The van der Waals surface area contributed by atoms with Crippen LogP contribution in [0.5, 0.6) is 5.75 Å². The smallest absolute Gasteiger partial charge is 0.258 e. The lowest BCUT2D eigenvalue weighted by molar-refractivity contribution is -0.123. The number of nitrogens with one attached hydrogen (secondary N) is 1. The van der Waals surface area contributed by atoms with Gasteiger partial charge in [0.05, 0.1) is 6.04 Å². The Morgan fingerprint density at radius 2 is 1.62 bits per heavy atom. The molecule has 0 spiro atoms. The second kappa shape index (κ2) is 9.43. The molecular weight excluding hydrogens is 362 g/mol. The SMILES string of the molecule is CN(C)c1ccc(C(CNC(=O)COc2ccc3ccccc3c2)N(C)C)cc1. The largest absolute Gasteiger partial charge is 0.484 e. The van der Waals surface area contributed by atoms with Gasteiger partial charge in [-0.3, -0.25) is 4.79 Å². The number of hydrogen-bond donors (Lipinski definition) is 1. The second-order valence-electron chi connectivity index (χ2n) is 7.57. The molecule has 3 aromatic rings. The van der Waals surface area contributed by atoms with E-state index in [1.165, 1.54) is 0 Å². The molecule has 0 saturated heterocycles. The molecule has 3 aromatic carbocycles. The molecule has 152 valence electrons. The number of fused-ring (bicyclic) bond motifs is 1. The molecule has 1 atom stereocenters. The van der Waals surface area contributed by atoms with Crippen LogP contribution in [0, 0.1) is 0 Å². The summed E-state index contributed by atoms with van der Waals surface area (Å²) in [4.78, 5) is 16.5. The zero-order chi connectivity index (χ0) is 20.8. The molecular formula is C24H29N3O2. The van der Waals surface area contributed by atoms with Crippen LogP contribution in [0.15, 0.2) is 66.7 Å². The Morgan fingerprint density at radius 3 is 2.28 bits per heavy atom. The Hall–Kier alpha value is -3.05. The lowest BCUT2D eigenvalue weighted by Gasteiger charge is -2.25. The Balaban J connectivity index is 1.55. The first-order chi connectivity index (χ1) is 13.9. The molecule has 0 aromatic heterocycles. The average molecular weight is 392 g/mol. The highest BCUT2D eigenvalue weighted by atomic mass is 16.5. The van der Waals surface area contributed by atoms with E-state index in [-0.39, 0.29) is 18.6 Å². The Morgan fingerprint density at radius 1 is 0.931 bits per heavy atom. The van der Waals surface area contributed by atoms with E-state index >= 15 is 0 Å². The summed E-state index contributed by atoms with van der Waals surface area (Å²) in [5.74, 6) is 0.567. The second-order valence-corrected chi connectivity index (χ2v) is 7.57. The molecule has 0 fully saturated rings. The third-order valence-corrected chi connectivity index (χ3v) is 5.00. The molecule has 0 aliphatic carbocycles. The van der Waals surface area contributed by atoms with Gasteiger partial charge in [0.1, 0.15) is 5.75 Å². The maximum absolute atomic E-state index is 12.3. The van der Waals surface area contributed by atoms with Crippen molar-refractivity contribution < 1.29 is 9.53 Å². The van der Waals surface area contributed by atoms with Crippen LogP contribution < -0.4 is 15.0 Å². The number of benzene rings is 3. The Kier molecular flexibility index (Phi) is 6.73. The molecule has 29 heavy (non-hydrogen) atoms. The first-order valence-corrected chi connectivity index (χ1v) is 9.76. The minimum atomic E-state index is -0.130. The molecule has 5 nitrogen and oxygen atoms in total. The topological polar surface area (TPSA) is 44.8 Å². The predicted octanol–water partition coefficient (Wildman–Crippen LogP) is 3.70. The van der Waals surface area contributed by atoms with Crippen LogP contribution in [0.3, 0.4) is 0 Å². The maximum atomic E-state index is 12.3. The summed E-state index contributed by atoms with van der Waals surface area (Å²) in [6.07, 6.45) is 0. The van der Waals surface area contributed by atoms with Crippen LogP contribution in [0.2, 0.25) is 0 Å². The van der Waals surface area contributed by atoms with Gasteiger partial charge in [0.2, 0.25) is 0 Å². The number of anilines is 1. The van der Waals surface area contributed by atoms with Gasteiger partial charge in [0.15, 0.2) is 6.61 Å². The van der Waals surface area contributed by atoms with E-state index in [1.807, 2.05) is 64.6 Å². The van der Waals surface area contributed by atoms with Gasteiger partial charge in [0.25, 0.3) is 5.91 Å². The fourth-order valence-electron chi connectivity index (χ4n) is 3.26. The standard InChI is InChI=1S/C24H29N3O2/c1-26(2)21-12-9-19(10-13-21)23(27(3)4)16-25-24(28)17-29-22-14-11-18-7-5-6-8-20(18)15-22/h5-15,23H,16-17H2,1-4H3,(H,25,28). The Bertz CT molecular complexity index is 952. The van der Waals surface area contributed by atoms with Crippen molar-refractivity contribution in [2.45, 2.75) is 6.04 Å². The quantitative estimate of drug-likeness (QED) is 0.636. The van der Waals surface area contributed by atoms with E-state index in [0.29, 0.717) is 12.3 Å². The van der Waals surface area contributed by atoms with Crippen molar-refractivity contribution >= 4 is 22.4 Å². The van der Waals surface area contributed by atoms with Crippen LogP contribution in [0.1, 0.15) is 11.6 Å². The number of ether oxygens (including phenoxy) is 1. The highest BCUT2D eigenvalue weighted by molar-refractivity contribution is 5.84. The van der Waals surface area contributed by atoms with Gasteiger partial charge in [-0.2, -0.15) is 0 Å². The molecule has 0 bridgehead atoms. The van der Waals surface area contributed by atoms with Crippen LogP contribution in [0.25, 0.3) is 10.8 Å². The van der Waals surface area contributed by atoms with E-state index < -0.39 is 0 Å². The molecule has 0 radical (unpaired) electrons. The van der Waals surface area contributed by atoms with E-state index in [2.05, 4.69) is 45.4 Å². The van der Waals surface area contributed by atoms with Gasteiger partial charge in [0, 0.05) is 26.3 Å². The number of carbonyl (C=O) groups is 1. The normalized spacial score (nSPS) is 12.0. The Labute approximate surface area is 172 Å². The van der Waals surface area contributed by atoms with Crippen molar-refractivity contribution in [3.05, 3.63) is 72.3 Å². The molecule has 1 N–H and O–H groups in total. The number of carbonyl (C=O) groups excluding carboxylic acids is 1. The van der Waals surface area contributed by atoms with Crippen molar-refractivity contribution in [1.29, 1.82) is 0 Å². The molecule has 0 aliphatic rings. The number of hydrogen-bond acceptors (Lipinski definition) is 4. The molecule has 0 aliphatic heterocycles. The molecule has 0 saturated carbocycles. The van der Waals surface area contributed by atoms with Crippen LogP contribution in [-0.4, -0.2) is 52.1 Å². The summed E-state index contributed by atoms with van der Waals surface area (Å²) in [6, 6.07) is 22.4. The third kappa shape index (κ3) is 5.48. The van der Waals surface area contributed by atoms with Gasteiger partial charge >= 0.3 is 0 Å². The average Bonchev–Trinajstić information content (AvgIpc) is 2.72. The molecule has 1 amide bonds. The van der Waals surface area contributed by atoms with Crippen LogP contribution in [0.4, 0.5) is 5.69 Å². The predicted molar refractivity (Wildman–Crippen MR) is 120 cm³/mol. The molecule has 3 rings (SSSR count). The van der Waals surface area contributed by atoms with Crippen molar-refractivity contribution in [2.24, 2.45) is 0 Å². The minimum Gasteiger partial charge on any atom is -0.484 e. The van der Waals surface area contributed by atoms with E-state index in [9.17, 15) is 4.79 Å². The van der Waals surface area contributed by atoms with Gasteiger partial charge in [-0.05, 0) is 54.7 Å². The number of amides is 1. The van der Waals surface area contributed by atoms with Crippen molar-refractivity contribution in [3.8, 4) is 5.75 Å². The van der Waals surface area contributed by atoms with Gasteiger partial charge in [-0.1, -0.05) is 42.5 Å². The number of nitrogens with zero attached hydrogens (tertiary/aromatic N) is 2. The number of likely N-dealkylation sites (N-methyl/N-ethyl adjacent to an activating group) is 1. The first kappa shape index (κ1) is 20.7. The number of rotatable bonds is 8. The summed E-state index contributed by atoms with van der Waals surface area (Å²) in [7, 11) is 8.08. The molecule has 5 heteroatoms.